The van der Waals surface area contributed by atoms with Crippen molar-refractivity contribution < 1.29 is 19.4 Å². The van der Waals surface area contributed by atoms with Gasteiger partial charge in [-0.25, -0.2) is 4.79 Å². The highest BCUT2D eigenvalue weighted by Crippen LogP contribution is 2.36. The molecule has 2 aliphatic carbocycles. The van der Waals surface area contributed by atoms with Gasteiger partial charge < -0.3 is 19.3 Å². The van der Waals surface area contributed by atoms with Crippen LogP contribution in [0.2, 0.25) is 0 Å². The minimum atomic E-state index is -0.852. The summed E-state index contributed by atoms with van der Waals surface area (Å²) in [7, 11) is 0. The van der Waals surface area contributed by atoms with E-state index in [2.05, 4.69) is 10.00 Å². The molecule has 0 radical (unpaired) electrons. The Balaban J connectivity index is 1.40. The molecule has 0 bridgehead atoms. The molecule has 8 nitrogen and oxygen atoms in total. The Morgan fingerprint density at radius 3 is 2.53 bits per heavy atom. The zero-order chi connectivity index (χ0) is 25.8. The maximum Gasteiger partial charge on any atom is 0.435 e. The molecule has 192 valence electrons. The summed E-state index contributed by atoms with van der Waals surface area (Å²) >= 11 is 0. The first kappa shape index (κ1) is 24.6. The highest BCUT2D eigenvalue weighted by Gasteiger charge is 2.40. The molecular formula is C28H36N4O4. The summed E-state index contributed by atoms with van der Waals surface area (Å²) < 4.78 is 8.78. The molecule has 2 aromatic heterocycles. The molecule has 1 fully saturated rings. The molecule has 1 saturated carbocycles. The molecule has 5 rings (SSSR count). The number of fused-ring (bicyclic) bond motifs is 2. The molecule has 0 saturated heterocycles. The van der Waals surface area contributed by atoms with Crippen LogP contribution in [-0.2, 0) is 24.1 Å². The van der Waals surface area contributed by atoms with Crippen molar-refractivity contribution >= 4 is 22.9 Å². The third kappa shape index (κ3) is 5.05. The Morgan fingerprint density at radius 2 is 1.86 bits per heavy atom. The summed E-state index contributed by atoms with van der Waals surface area (Å²) in [4.78, 5) is 28.6. The van der Waals surface area contributed by atoms with Gasteiger partial charge in [0.1, 0.15) is 5.60 Å². The summed E-state index contributed by atoms with van der Waals surface area (Å²) in [6.07, 6.45) is 7.47. The fourth-order valence-corrected chi connectivity index (χ4v) is 5.21. The summed E-state index contributed by atoms with van der Waals surface area (Å²) in [5, 5.41) is 15.7. The van der Waals surface area contributed by atoms with Gasteiger partial charge in [0.15, 0.2) is 0 Å². The lowest BCUT2D eigenvalue weighted by atomic mass is 9.91. The highest BCUT2D eigenvalue weighted by atomic mass is 16.6. The fourth-order valence-electron chi connectivity index (χ4n) is 5.21. The third-order valence-electron chi connectivity index (χ3n) is 6.80. The van der Waals surface area contributed by atoms with Crippen LogP contribution < -0.4 is 0 Å². The van der Waals surface area contributed by atoms with Crippen LogP contribution in [0.25, 0.3) is 10.9 Å². The smallest absolute Gasteiger partial charge is 0.435 e. The van der Waals surface area contributed by atoms with Crippen LogP contribution in [0.5, 0.6) is 0 Å². The first-order chi connectivity index (χ1) is 16.9. The van der Waals surface area contributed by atoms with E-state index in [0.717, 1.165) is 47.8 Å². The Morgan fingerprint density at radius 1 is 1.11 bits per heavy atom. The maximum atomic E-state index is 14.0. The molecule has 1 N–H and O–H groups in total. The Bertz CT molecular complexity index is 1300. The molecule has 0 spiro atoms. The van der Waals surface area contributed by atoms with Gasteiger partial charge in [-0.3, -0.25) is 4.79 Å². The van der Waals surface area contributed by atoms with Crippen LogP contribution in [0.15, 0.2) is 36.7 Å². The van der Waals surface area contributed by atoms with Crippen molar-refractivity contribution in [3.05, 3.63) is 53.5 Å². The number of hydrogen-bond donors (Lipinski definition) is 1. The van der Waals surface area contributed by atoms with E-state index >= 15 is 0 Å². The van der Waals surface area contributed by atoms with Gasteiger partial charge in [-0.1, -0.05) is 6.07 Å². The number of aryl methyl sites for hydroxylation is 1. The second-order valence-corrected chi connectivity index (χ2v) is 11.9. The fraction of sp³-hybridized carbons (Fsp3) is 0.536. The number of benzene rings is 1. The number of ether oxygens (including phenoxy) is 1. The highest BCUT2D eigenvalue weighted by molar-refractivity contribution is 6.07. The van der Waals surface area contributed by atoms with Gasteiger partial charge in [0.05, 0.1) is 17.8 Å². The minimum absolute atomic E-state index is 0.0529. The first-order valence-electron chi connectivity index (χ1n) is 12.8. The normalized spacial score (nSPS) is 18.2. The lowest BCUT2D eigenvalue weighted by Gasteiger charge is -2.34. The van der Waals surface area contributed by atoms with Gasteiger partial charge >= 0.3 is 6.09 Å². The van der Waals surface area contributed by atoms with E-state index in [1.54, 1.807) is 20.0 Å². The largest absolute Gasteiger partial charge is 0.442 e. The van der Waals surface area contributed by atoms with E-state index < -0.39 is 17.3 Å². The minimum Gasteiger partial charge on any atom is -0.442 e. The molecule has 1 unspecified atom stereocenters. The zero-order valence-electron chi connectivity index (χ0n) is 21.8. The first-order valence-corrected chi connectivity index (χ1v) is 12.8. The molecule has 2 heterocycles. The number of aliphatic hydroxyl groups is 1. The van der Waals surface area contributed by atoms with Crippen molar-refractivity contribution in [3.63, 3.8) is 0 Å². The van der Waals surface area contributed by atoms with E-state index in [-0.39, 0.29) is 18.0 Å². The average Bonchev–Trinajstić information content (AvgIpc) is 3.37. The quantitative estimate of drug-likeness (QED) is 0.564. The molecule has 8 heteroatoms. The zero-order valence-corrected chi connectivity index (χ0v) is 21.8. The van der Waals surface area contributed by atoms with Gasteiger partial charge in [0.2, 0.25) is 0 Å². The van der Waals surface area contributed by atoms with Crippen LogP contribution in [0.4, 0.5) is 4.79 Å². The molecule has 1 atom stereocenters. The van der Waals surface area contributed by atoms with E-state index in [0.29, 0.717) is 18.5 Å². The lowest BCUT2D eigenvalue weighted by molar-refractivity contribution is 0.0512. The van der Waals surface area contributed by atoms with Gasteiger partial charge in [-0.05, 0) is 90.5 Å². The van der Waals surface area contributed by atoms with E-state index in [1.807, 2.05) is 55.8 Å². The molecule has 0 aliphatic heterocycles. The summed E-state index contributed by atoms with van der Waals surface area (Å²) in [6, 6.07) is 8.11. The number of nitrogens with zero attached hydrogens (tertiary/aromatic N) is 4. The molecule has 2 aliphatic rings. The standard InChI is InChI=1S/C28H36N4O4/c1-27(2,3)36-26(34)31-16-18-15-20(11-12-23(18)29-31)32(19-9-10-19)25(33)22-7-6-8-24-21(22)13-14-30(24)17-28(4,5)35/h6-8,13-14,16,19-20,35H,9-12,15,17H2,1-5H3. The Hall–Kier alpha value is -3.13. The summed E-state index contributed by atoms with van der Waals surface area (Å²) in [5.74, 6) is 0.0529. The molecule has 1 amide bonds. The van der Waals surface area contributed by atoms with Gasteiger partial charge in [-0.2, -0.15) is 9.78 Å². The predicted octanol–water partition coefficient (Wildman–Crippen LogP) is 4.55. The van der Waals surface area contributed by atoms with Crippen LogP contribution in [0.3, 0.4) is 0 Å². The van der Waals surface area contributed by atoms with E-state index in [4.69, 9.17) is 4.74 Å². The number of carbonyl (C=O) groups excluding carboxylic acids is 2. The number of rotatable bonds is 5. The van der Waals surface area contributed by atoms with Crippen LogP contribution >= 0.6 is 0 Å². The Labute approximate surface area is 211 Å². The topological polar surface area (TPSA) is 89.6 Å². The molecule has 1 aromatic carbocycles. The second-order valence-electron chi connectivity index (χ2n) is 11.9. The number of carbonyl (C=O) groups is 2. The summed E-state index contributed by atoms with van der Waals surface area (Å²) in [6.45, 7) is 9.53. The molecule has 36 heavy (non-hydrogen) atoms. The predicted molar refractivity (Wildman–Crippen MR) is 137 cm³/mol. The number of hydrogen-bond acceptors (Lipinski definition) is 5. The molecular weight excluding hydrogens is 456 g/mol. The van der Waals surface area contributed by atoms with E-state index in [1.165, 1.54) is 4.68 Å². The monoisotopic (exact) mass is 492 g/mol. The number of aromatic nitrogens is 3. The van der Waals surface area contributed by atoms with Gasteiger partial charge in [0, 0.05) is 40.9 Å². The Kier molecular flexibility index (Phi) is 5.98. The maximum absolute atomic E-state index is 14.0. The van der Waals surface area contributed by atoms with E-state index in [9.17, 15) is 14.7 Å². The number of amides is 1. The van der Waals surface area contributed by atoms with Crippen molar-refractivity contribution in [2.75, 3.05) is 0 Å². The molecule has 3 aromatic rings. The van der Waals surface area contributed by atoms with Gasteiger partial charge in [-0.15, -0.1) is 0 Å². The van der Waals surface area contributed by atoms with Crippen LogP contribution in [-0.4, -0.2) is 59.6 Å². The van der Waals surface area contributed by atoms with Crippen molar-refractivity contribution in [3.8, 4) is 0 Å². The summed E-state index contributed by atoms with van der Waals surface area (Å²) in [5.41, 5.74) is 2.12. The van der Waals surface area contributed by atoms with Crippen LogP contribution in [0.1, 0.15) is 75.5 Å². The van der Waals surface area contributed by atoms with Crippen molar-refractivity contribution in [2.24, 2.45) is 0 Å². The third-order valence-corrected chi connectivity index (χ3v) is 6.80. The second kappa shape index (κ2) is 8.76. The van der Waals surface area contributed by atoms with Crippen molar-refractivity contribution in [2.45, 2.75) is 96.6 Å². The van der Waals surface area contributed by atoms with Gasteiger partial charge in [0.25, 0.3) is 5.91 Å². The van der Waals surface area contributed by atoms with Crippen LogP contribution in [0, 0.1) is 0 Å². The van der Waals surface area contributed by atoms with Crippen molar-refractivity contribution in [1.82, 2.24) is 19.2 Å². The lowest BCUT2D eigenvalue weighted by Crippen LogP contribution is -2.44. The SMILES string of the molecule is CC(C)(O)Cn1ccc2c(C(=O)N(C3CC3)C3CCc4nn(C(=O)OC(C)(C)C)cc4C3)cccc21. The average molecular weight is 493 g/mol. The van der Waals surface area contributed by atoms with Crippen molar-refractivity contribution in [1.29, 1.82) is 0 Å².